The molecule has 0 radical (unpaired) electrons. The predicted molar refractivity (Wildman–Crippen MR) is 64.7 cm³/mol. The van der Waals surface area contributed by atoms with E-state index in [1.165, 1.54) is 0 Å². The van der Waals surface area contributed by atoms with Gasteiger partial charge in [-0.15, -0.1) is 0 Å². The summed E-state index contributed by atoms with van der Waals surface area (Å²) in [6, 6.07) is 0. The molecule has 2 saturated heterocycles. The van der Waals surface area contributed by atoms with Crippen LogP contribution in [0.4, 0.5) is 0 Å². The topological polar surface area (TPSA) is 47.6 Å². The van der Waals surface area contributed by atoms with Gasteiger partial charge in [0.15, 0.2) is 0 Å². The van der Waals surface area contributed by atoms with Crippen molar-refractivity contribution in [2.75, 3.05) is 19.7 Å². The van der Waals surface area contributed by atoms with Crippen LogP contribution in [0.5, 0.6) is 0 Å². The Morgan fingerprint density at radius 2 is 2.29 bits per heavy atom. The molecule has 2 atom stereocenters. The van der Waals surface area contributed by atoms with Crippen LogP contribution >= 0.6 is 0 Å². The second-order valence-corrected chi connectivity index (χ2v) is 6.35. The van der Waals surface area contributed by atoms with E-state index in [-0.39, 0.29) is 17.5 Å². The molecule has 4 nitrogen and oxygen atoms in total. The molecular formula is C13H23NO3. The molecule has 0 aromatic heterocycles. The summed E-state index contributed by atoms with van der Waals surface area (Å²) in [5, 5.41) is 3.37. The lowest BCUT2D eigenvalue weighted by molar-refractivity contribution is -0.157. The summed E-state index contributed by atoms with van der Waals surface area (Å²) in [6.07, 6.45) is 2.58. The maximum atomic E-state index is 11.7. The summed E-state index contributed by atoms with van der Waals surface area (Å²) < 4.78 is 11.1. The maximum absolute atomic E-state index is 11.7. The van der Waals surface area contributed by atoms with Crippen LogP contribution in [-0.4, -0.2) is 37.4 Å². The van der Waals surface area contributed by atoms with E-state index in [1.807, 2.05) is 20.8 Å². The largest absolute Gasteiger partial charge is 0.460 e. The fraction of sp³-hybridized carbons (Fsp3) is 0.923. The van der Waals surface area contributed by atoms with Crippen LogP contribution < -0.4 is 5.32 Å². The Morgan fingerprint density at radius 3 is 2.88 bits per heavy atom. The molecule has 2 fully saturated rings. The van der Waals surface area contributed by atoms with E-state index in [4.69, 9.17) is 9.47 Å². The van der Waals surface area contributed by atoms with Gasteiger partial charge in [0.25, 0.3) is 0 Å². The molecule has 0 aromatic rings. The van der Waals surface area contributed by atoms with E-state index in [1.54, 1.807) is 0 Å². The van der Waals surface area contributed by atoms with Crippen LogP contribution in [-0.2, 0) is 14.3 Å². The zero-order chi connectivity index (χ0) is 12.5. The highest BCUT2D eigenvalue weighted by molar-refractivity contribution is 5.70. The zero-order valence-corrected chi connectivity index (χ0v) is 11.0. The first kappa shape index (κ1) is 12.8. The standard InChI is InChI=1S/C13H23NO3/c1-12(2,3)17-11(15)6-10-7-13(9-16-10)4-5-14-8-13/h10,14H,4-9H2,1-3H3. The molecule has 0 bridgehead atoms. The van der Waals surface area contributed by atoms with Gasteiger partial charge >= 0.3 is 5.97 Å². The van der Waals surface area contributed by atoms with Crippen molar-refractivity contribution in [1.29, 1.82) is 0 Å². The van der Waals surface area contributed by atoms with Crippen molar-refractivity contribution >= 4 is 5.97 Å². The lowest BCUT2D eigenvalue weighted by atomic mass is 9.84. The molecule has 1 N–H and O–H groups in total. The maximum Gasteiger partial charge on any atom is 0.308 e. The van der Waals surface area contributed by atoms with E-state index >= 15 is 0 Å². The fourth-order valence-electron chi connectivity index (χ4n) is 2.69. The molecular weight excluding hydrogens is 218 g/mol. The number of carbonyl (C=O) groups excluding carboxylic acids is 1. The van der Waals surface area contributed by atoms with Crippen LogP contribution in [0.25, 0.3) is 0 Å². The Balaban J connectivity index is 1.79. The van der Waals surface area contributed by atoms with Crippen molar-refractivity contribution in [2.24, 2.45) is 5.41 Å². The zero-order valence-electron chi connectivity index (χ0n) is 11.0. The molecule has 0 saturated carbocycles. The summed E-state index contributed by atoms with van der Waals surface area (Å²) in [6.45, 7) is 8.56. The minimum absolute atomic E-state index is 0.0461. The molecule has 2 unspecified atom stereocenters. The minimum Gasteiger partial charge on any atom is -0.460 e. The Morgan fingerprint density at radius 1 is 1.53 bits per heavy atom. The molecule has 0 amide bonds. The van der Waals surface area contributed by atoms with Gasteiger partial charge in [0.05, 0.1) is 19.1 Å². The quantitative estimate of drug-likeness (QED) is 0.744. The lowest BCUT2D eigenvalue weighted by Gasteiger charge is -2.21. The van der Waals surface area contributed by atoms with Gasteiger partial charge in [0.2, 0.25) is 0 Å². The van der Waals surface area contributed by atoms with Crippen LogP contribution in [0.15, 0.2) is 0 Å². The van der Waals surface area contributed by atoms with Crippen molar-refractivity contribution in [3.8, 4) is 0 Å². The average Bonchev–Trinajstić information content (AvgIpc) is 2.75. The van der Waals surface area contributed by atoms with Gasteiger partial charge in [0.1, 0.15) is 5.60 Å². The first-order valence-corrected chi connectivity index (χ1v) is 6.43. The first-order valence-electron chi connectivity index (χ1n) is 6.43. The fourth-order valence-corrected chi connectivity index (χ4v) is 2.69. The molecule has 0 aromatic carbocycles. The Hall–Kier alpha value is -0.610. The molecule has 0 aliphatic carbocycles. The summed E-state index contributed by atoms with van der Waals surface area (Å²) in [4.78, 5) is 11.7. The minimum atomic E-state index is -0.401. The summed E-state index contributed by atoms with van der Waals surface area (Å²) in [5.74, 6) is -0.148. The highest BCUT2D eigenvalue weighted by Crippen LogP contribution is 2.39. The molecule has 2 aliphatic rings. The number of esters is 1. The third-order valence-electron chi connectivity index (χ3n) is 3.43. The van der Waals surface area contributed by atoms with Crippen LogP contribution in [0.1, 0.15) is 40.0 Å². The number of ether oxygens (including phenoxy) is 2. The number of carbonyl (C=O) groups is 1. The van der Waals surface area contributed by atoms with E-state index in [2.05, 4.69) is 5.32 Å². The number of rotatable bonds is 2. The number of hydrogen-bond donors (Lipinski definition) is 1. The van der Waals surface area contributed by atoms with Crippen molar-refractivity contribution in [2.45, 2.75) is 51.7 Å². The molecule has 2 rings (SSSR count). The molecule has 98 valence electrons. The van der Waals surface area contributed by atoms with E-state index in [0.29, 0.717) is 6.42 Å². The molecule has 1 spiro atoms. The molecule has 2 heterocycles. The van der Waals surface area contributed by atoms with E-state index in [0.717, 1.165) is 32.5 Å². The van der Waals surface area contributed by atoms with E-state index in [9.17, 15) is 4.79 Å². The number of nitrogens with one attached hydrogen (secondary N) is 1. The van der Waals surface area contributed by atoms with Gasteiger partial charge in [-0.05, 0) is 40.2 Å². The molecule has 4 heteroatoms. The van der Waals surface area contributed by atoms with Crippen molar-refractivity contribution in [3.63, 3.8) is 0 Å². The first-order chi connectivity index (χ1) is 7.89. The third-order valence-corrected chi connectivity index (χ3v) is 3.43. The van der Waals surface area contributed by atoms with E-state index < -0.39 is 5.60 Å². The third kappa shape index (κ3) is 3.42. The van der Waals surface area contributed by atoms with Gasteiger partial charge in [0, 0.05) is 12.0 Å². The monoisotopic (exact) mass is 241 g/mol. The highest BCUT2D eigenvalue weighted by Gasteiger charge is 2.43. The SMILES string of the molecule is CC(C)(C)OC(=O)CC1CC2(CCNC2)CO1. The van der Waals surface area contributed by atoms with Gasteiger partial charge in [-0.25, -0.2) is 0 Å². The molecule has 2 aliphatic heterocycles. The van der Waals surface area contributed by atoms with Crippen LogP contribution in [0, 0.1) is 5.41 Å². The second kappa shape index (κ2) is 4.58. The van der Waals surface area contributed by atoms with Gasteiger partial charge in [-0.1, -0.05) is 0 Å². The number of hydrogen-bond acceptors (Lipinski definition) is 4. The van der Waals surface area contributed by atoms with Crippen molar-refractivity contribution < 1.29 is 14.3 Å². The van der Waals surface area contributed by atoms with Crippen molar-refractivity contribution in [1.82, 2.24) is 5.32 Å². The van der Waals surface area contributed by atoms with Crippen LogP contribution in [0.2, 0.25) is 0 Å². The summed E-state index contributed by atoms with van der Waals surface area (Å²) in [7, 11) is 0. The highest BCUT2D eigenvalue weighted by atomic mass is 16.6. The lowest BCUT2D eigenvalue weighted by Crippen LogP contribution is -2.27. The van der Waals surface area contributed by atoms with Gasteiger partial charge in [-0.3, -0.25) is 4.79 Å². The molecule has 17 heavy (non-hydrogen) atoms. The van der Waals surface area contributed by atoms with Gasteiger partial charge in [-0.2, -0.15) is 0 Å². The summed E-state index contributed by atoms with van der Waals surface area (Å²) >= 11 is 0. The second-order valence-electron chi connectivity index (χ2n) is 6.35. The Bertz CT molecular complexity index is 290. The van der Waals surface area contributed by atoms with Gasteiger partial charge < -0.3 is 14.8 Å². The predicted octanol–water partition coefficient (Wildman–Crippen LogP) is 1.49. The smallest absolute Gasteiger partial charge is 0.308 e. The normalized spacial score (nSPS) is 33.2. The Kier molecular flexibility index (Phi) is 3.46. The average molecular weight is 241 g/mol. The Labute approximate surface area is 103 Å². The van der Waals surface area contributed by atoms with Crippen LogP contribution in [0.3, 0.4) is 0 Å². The van der Waals surface area contributed by atoms with Crippen molar-refractivity contribution in [3.05, 3.63) is 0 Å². The summed E-state index contributed by atoms with van der Waals surface area (Å²) in [5.41, 5.74) is -0.116.